The van der Waals surface area contributed by atoms with Gasteiger partial charge < -0.3 is 15.0 Å². The minimum Gasteiger partial charge on any atom is -0.484 e. The largest absolute Gasteiger partial charge is 0.484 e. The number of hydrogen-bond donors (Lipinski definition) is 1. The Morgan fingerprint density at radius 2 is 2.21 bits per heavy atom. The molecule has 1 N–H and O–H groups in total. The summed E-state index contributed by atoms with van der Waals surface area (Å²) in [5.74, 6) is 0.327. The Morgan fingerprint density at radius 3 is 2.88 bits per heavy atom. The lowest BCUT2D eigenvalue weighted by Gasteiger charge is -2.23. The number of nitrogens with one attached hydrogen (secondary N) is 1. The smallest absolute Gasteiger partial charge is 0.260 e. The first kappa shape index (κ1) is 17.9. The number of thiazole rings is 1. The minimum atomic E-state index is -0.138. The van der Waals surface area contributed by atoms with Gasteiger partial charge in [-0.1, -0.05) is 13.0 Å². The Bertz CT molecular complexity index is 688. The van der Waals surface area contributed by atoms with Crippen LogP contribution in [0.15, 0.2) is 35.8 Å². The third kappa shape index (κ3) is 4.79. The molecule has 0 radical (unpaired) electrons. The molecule has 24 heavy (non-hydrogen) atoms. The second kappa shape index (κ2) is 8.44. The zero-order valence-electron chi connectivity index (χ0n) is 14.0. The minimum absolute atomic E-state index is 0.0692. The number of ether oxygens (including phenoxy) is 1. The summed E-state index contributed by atoms with van der Waals surface area (Å²) in [6.07, 6.45) is 2.13. The highest BCUT2D eigenvalue weighted by Crippen LogP contribution is 2.21. The van der Waals surface area contributed by atoms with Crippen molar-refractivity contribution in [3.8, 4) is 5.75 Å². The molecule has 1 aromatic carbocycles. The first-order valence-electron chi connectivity index (χ1n) is 7.69. The standard InChI is InChI=1S/C17H21N3O3S/c1-4-15(21)19-13-6-5-7-14(10-13)23-11-16(22)20(3)12(2)17-18-8-9-24-17/h5-10,12H,4,11H2,1-3H3,(H,19,21)/t12-/m1/s1. The Kier molecular flexibility index (Phi) is 6.31. The van der Waals surface area contributed by atoms with E-state index < -0.39 is 0 Å². The van der Waals surface area contributed by atoms with E-state index >= 15 is 0 Å². The van der Waals surface area contributed by atoms with E-state index in [0.29, 0.717) is 17.9 Å². The van der Waals surface area contributed by atoms with Crippen molar-refractivity contribution in [1.82, 2.24) is 9.88 Å². The van der Waals surface area contributed by atoms with Gasteiger partial charge in [-0.15, -0.1) is 11.3 Å². The maximum Gasteiger partial charge on any atom is 0.260 e. The lowest BCUT2D eigenvalue weighted by atomic mass is 10.3. The number of benzene rings is 1. The zero-order valence-corrected chi connectivity index (χ0v) is 14.8. The van der Waals surface area contributed by atoms with E-state index in [9.17, 15) is 9.59 Å². The number of anilines is 1. The molecule has 7 heteroatoms. The fraction of sp³-hybridized carbons (Fsp3) is 0.353. The van der Waals surface area contributed by atoms with Crippen molar-refractivity contribution in [3.05, 3.63) is 40.8 Å². The van der Waals surface area contributed by atoms with Crippen molar-refractivity contribution in [2.75, 3.05) is 19.0 Å². The summed E-state index contributed by atoms with van der Waals surface area (Å²) in [7, 11) is 1.73. The lowest BCUT2D eigenvalue weighted by molar-refractivity contribution is -0.134. The van der Waals surface area contributed by atoms with E-state index in [4.69, 9.17) is 4.74 Å². The van der Waals surface area contributed by atoms with Gasteiger partial charge in [0, 0.05) is 36.8 Å². The molecule has 1 atom stereocenters. The predicted octanol–water partition coefficient (Wildman–Crippen LogP) is 3.09. The number of hydrogen-bond acceptors (Lipinski definition) is 5. The van der Waals surface area contributed by atoms with Crippen LogP contribution in [0.2, 0.25) is 0 Å². The van der Waals surface area contributed by atoms with Crippen molar-refractivity contribution in [2.45, 2.75) is 26.3 Å². The number of likely N-dealkylation sites (N-methyl/N-ethyl adjacent to an activating group) is 1. The van der Waals surface area contributed by atoms with Crippen LogP contribution in [0.3, 0.4) is 0 Å². The molecule has 0 aliphatic heterocycles. The molecule has 0 fully saturated rings. The van der Waals surface area contributed by atoms with Crippen LogP contribution in [-0.4, -0.2) is 35.4 Å². The van der Waals surface area contributed by atoms with Gasteiger partial charge in [0.25, 0.3) is 5.91 Å². The third-order valence-corrected chi connectivity index (χ3v) is 4.53. The summed E-state index contributed by atoms with van der Waals surface area (Å²) in [5.41, 5.74) is 0.649. The predicted molar refractivity (Wildman–Crippen MR) is 94.2 cm³/mol. The Balaban J connectivity index is 1.91. The van der Waals surface area contributed by atoms with Crippen LogP contribution >= 0.6 is 11.3 Å². The van der Waals surface area contributed by atoms with Gasteiger partial charge in [0.15, 0.2) is 6.61 Å². The molecule has 2 rings (SSSR count). The molecule has 128 valence electrons. The summed E-state index contributed by atoms with van der Waals surface area (Å²) < 4.78 is 5.55. The van der Waals surface area contributed by atoms with E-state index in [1.807, 2.05) is 12.3 Å². The fourth-order valence-corrected chi connectivity index (χ4v) is 2.72. The molecule has 0 spiro atoms. The molecule has 1 aromatic heterocycles. The highest BCUT2D eigenvalue weighted by molar-refractivity contribution is 7.09. The second-order valence-electron chi connectivity index (χ2n) is 5.27. The van der Waals surface area contributed by atoms with Gasteiger partial charge in [0.1, 0.15) is 10.8 Å². The molecule has 2 amide bonds. The molecule has 0 aliphatic rings. The van der Waals surface area contributed by atoms with Crippen LogP contribution in [0, 0.1) is 0 Å². The Labute approximate surface area is 145 Å². The van der Waals surface area contributed by atoms with Crippen LogP contribution in [0.1, 0.15) is 31.3 Å². The molecule has 1 heterocycles. The summed E-state index contributed by atoms with van der Waals surface area (Å²) in [6, 6.07) is 6.90. The summed E-state index contributed by atoms with van der Waals surface area (Å²) in [5, 5.41) is 5.53. The van der Waals surface area contributed by atoms with Crippen molar-refractivity contribution >= 4 is 28.8 Å². The van der Waals surface area contributed by atoms with Crippen molar-refractivity contribution in [2.24, 2.45) is 0 Å². The number of amides is 2. The molecule has 0 saturated carbocycles. The molecular weight excluding hydrogens is 326 g/mol. The zero-order chi connectivity index (χ0) is 17.5. The van der Waals surface area contributed by atoms with E-state index in [1.54, 1.807) is 49.3 Å². The number of rotatable bonds is 7. The van der Waals surface area contributed by atoms with Crippen molar-refractivity contribution in [1.29, 1.82) is 0 Å². The third-order valence-electron chi connectivity index (χ3n) is 3.58. The van der Waals surface area contributed by atoms with Crippen LogP contribution in [0.25, 0.3) is 0 Å². The monoisotopic (exact) mass is 347 g/mol. The quantitative estimate of drug-likeness (QED) is 0.835. The highest BCUT2D eigenvalue weighted by Gasteiger charge is 2.19. The van der Waals surface area contributed by atoms with Gasteiger partial charge >= 0.3 is 0 Å². The van der Waals surface area contributed by atoms with Crippen LogP contribution in [-0.2, 0) is 9.59 Å². The van der Waals surface area contributed by atoms with E-state index in [-0.39, 0.29) is 24.5 Å². The molecule has 6 nitrogen and oxygen atoms in total. The van der Waals surface area contributed by atoms with Gasteiger partial charge in [0.2, 0.25) is 5.91 Å². The average Bonchev–Trinajstić information content (AvgIpc) is 3.13. The maximum atomic E-state index is 12.3. The van der Waals surface area contributed by atoms with Crippen molar-refractivity contribution in [3.63, 3.8) is 0 Å². The van der Waals surface area contributed by atoms with Crippen molar-refractivity contribution < 1.29 is 14.3 Å². The topological polar surface area (TPSA) is 71.5 Å². The fourth-order valence-electron chi connectivity index (χ4n) is 1.98. The summed E-state index contributed by atoms with van der Waals surface area (Å²) >= 11 is 1.51. The van der Waals surface area contributed by atoms with Gasteiger partial charge in [-0.05, 0) is 19.1 Å². The average molecular weight is 347 g/mol. The SMILES string of the molecule is CCC(=O)Nc1cccc(OCC(=O)N(C)[C@H](C)c2nccs2)c1. The first-order valence-corrected chi connectivity index (χ1v) is 8.57. The molecule has 0 aliphatic carbocycles. The Morgan fingerprint density at radius 1 is 1.42 bits per heavy atom. The second-order valence-corrected chi connectivity index (χ2v) is 6.20. The molecule has 0 saturated heterocycles. The van der Waals surface area contributed by atoms with E-state index in [0.717, 1.165) is 5.01 Å². The van der Waals surface area contributed by atoms with E-state index in [1.165, 1.54) is 11.3 Å². The van der Waals surface area contributed by atoms with Crippen LogP contribution in [0.5, 0.6) is 5.75 Å². The number of carbonyl (C=O) groups excluding carboxylic acids is 2. The molecular formula is C17H21N3O3S. The number of nitrogens with zero attached hydrogens (tertiary/aromatic N) is 2. The van der Waals surface area contributed by atoms with Crippen LogP contribution < -0.4 is 10.1 Å². The Hall–Kier alpha value is -2.41. The van der Waals surface area contributed by atoms with Crippen LogP contribution in [0.4, 0.5) is 5.69 Å². The van der Waals surface area contributed by atoms with E-state index in [2.05, 4.69) is 10.3 Å². The first-order chi connectivity index (χ1) is 11.5. The summed E-state index contributed by atoms with van der Waals surface area (Å²) in [6.45, 7) is 3.64. The number of carbonyl (C=O) groups is 2. The molecule has 2 aromatic rings. The molecule has 0 unspecified atom stereocenters. The van der Waals surface area contributed by atoms with Gasteiger partial charge in [-0.3, -0.25) is 9.59 Å². The van der Waals surface area contributed by atoms with Gasteiger partial charge in [-0.2, -0.15) is 0 Å². The normalized spacial score (nSPS) is 11.6. The van der Waals surface area contributed by atoms with Gasteiger partial charge in [0.05, 0.1) is 6.04 Å². The highest BCUT2D eigenvalue weighted by atomic mass is 32.1. The van der Waals surface area contributed by atoms with Gasteiger partial charge in [-0.25, -0.2) is 4.98 Å². The summed E-state index contributed by atoms with van der Waals surface area (Å²) in [4.78, 5) is 29.5. The maximum absolute atomic E-state index is 12.3. The number of aromatic nitrogens is 1. The molecule has 0 bridgehead atoms. The lowest BCUT2D eigenvalue weighted by Crippen LogP contribution is -2.33.